The second-order valence-electron chi connectivity index (χ2n) is 4.39. The van der Waals surface area contributed by atoms with Crippen molar-refractivity contribution in [3.8, 4) is 0 Å². The second-order valence-corrected chi connectivity index (χ2v) is 4.39. The summed E-state index contributed by atoms with van der Waals surface area (Å²) in [5.74, 6) is 0.120. The fourth-order valence-electron chi connectivity index (χ4n) is 1.75. The maximum atomic E-state index is 8.79. The summed E-state index contributed by atoms with van der Waals surface area (Å²) in [6.45, 7) is 4.37. The van der Waals surface area contributed by atoms with E-state index in [9.17, 15) is 0 Å². The number of anilines is 1. The number of rotatable bonds is 8. The predicted molar refractivity (Wildman–Crippen MR) is 77.9 cm³/mol. The Labute approximate surface area is 114 Å². The summed E-state index contributed by atoms with van der Waals surface area (Å²) in [7, 11) is 1.96. The third kappa shape index (κ3) is 4.79. The van der Waals surface area contributed by atoms with E-state index in [-0.39, 0.29) is 5.84 Å². The lowest BCUT2D eigenvalue weighted by Crippen LogP contribution is -2.26. The molecule has 0 amide bonds. The summed E-state index contributed by atoms with van der Waals surface area (Å²) >= 11 is 0. The maximum Gasteiger partial charge on any atom is 0.172 e. The zero-order chi connectivity index (χ0) is 14.1. The van der Waals surface area contributed by atoms with E-state index in [0.29, 0.717) is 6.61 Å². The van der Waals surface area contributed by atoms with Gasteiger partial charge in [0, 0.05) is 31.5 Å². The average molecular weight is 265 g/mol. The lowest BCUT2D eigenvalue weighted by atomic mass is 10.1. The Morgan fingerprint density at radius 3 is 2.79 bits per heavy atom. The SMILES string of the molecule is CCCCOCCN(C)c1ccccc1C(N)=NO. The lowest BCUT2D eigenvalue weighted by Gasteiger charge is -2.21. The Hall–Kier alpha value is -1.75. The minimum atomic E-state index is 0.120. The monoisotopic (exact) mass is 265 g/mol. The average Bonchev–Trinajstić information content (AvgIpc) is 2.46. The first-order chi connectivity index (χ1) is 9.20. The Balaban J connectivity index is 2.59. The zero-order valence-electron chi connectivity index (χ0n) is 11.7. The molecule has 0 saturated carbocycles. The number of oxime groups is 1. The summed E-state index contributed by atoms with van der Waals surface area (Å²) < 4.78 is 5.54. The van der Waals surface area contributed by atoms with Gasteiger partial charge in [-0.1, -0.05) is 30.6 Å². The van der Waals surface area contributed by atoms with Crippen molar-refractivity contribution < 1.29 is 9.94 Å². The summed E-state index contributed by atoms with van der Waals surface area (Å²) in [5, 5.41) is 11.8. The van der Waals surface area contributed by atoms with Gasteiger partial charge in [-0.3, -0.25) is 0 Å². The molecule has 0 radical (unpaired) electrons. The maximum absolute atomic E-state index is 8.79. The van der Waals surface area contributed by atoms with Crippen LogP contribution in [-0.4, -0.2) is 37.8 Å². The summed E-state index contributed by atoms with van der Waals surface area (Å²) in [6.07, 6.45) is 2.23. The third-order valence-corrected chi connectivity index (χ3v) is 2.91. The first kappa shape index (κ1) is 15.3. The van der Waals surface area contributed by atoms with Gasteiger partial charge in [0.25, 0.3) is 0 Å². The van der Waals surface area contributed by atoms with Crippen LogP contribution in [0, 0.1) is 0 Å². The van der Waals surface area contributed by atoms with E-state index in [1.165, 1.54) is 0 Å². The Morgan fingerprint density at radius 2 is 2.11 bits per heavy atom. The van der Waals surface area contributed by atoms with Crippen molar-refractivity contribution in [2.45, 2.75) is 19.8 Å². The van der Waals surface area contributed by atoms with Crippen LogP contribution < -0.4 is 10.6 Å². The van der Waals surface area contributed by atoms with Crippen LogP contribution in [0.1, 0.15) is 25.3 Å². The van der Waals surface area contributed by atoms with Gasteiger partial charge in [0.05, 0.1) is 6.61 Å². The smallest absolute Gasteiger partial charge is 0.172 e. The van der Waals surface area contributed by atoms with E-state index in [4.69, 9.17) is 15.7 Å². The molecule has 5 nitrogen and oxygen atoms in total. The quantitative estimate of drug-likeness (QED) is 0.248. The molecule has 1 aromatic carbocycles. The molecule has 0 heterocycles. The van der Waals surface area contributed by atoms with Gasteiger partial charge in [-0.2, -0.15) is 0 Å². The highest BCUT2D eigenvalue weighted by Gasteiger charge is 2.09. The number of para-hydroxylation sites is 1. The number of ether oxygens (including phenoxy) is 1. The van der Waals surface area contributed by atoms with Crippen molar-refractivity contribution in [2.75, 3.05) is 31.7 Å². The van der Waals surface area contributed by atoms with Crippen molar-refractivity contribution in [2.24, 2.45) is 10.9 Å². The number of unbranched alkanes of at least 4 members (excludes halogenated alkanes) is 1. The van der Waals surface area contributed by atoms with Crippen molar-refractivity contribution >= 4 is 11.5 Å². The van der Waals surface area contributed by atoms with Gasteiger partial charge < -0.3 is 20.6 Å². The van der Waals surface area contributed by atoms with Crippen LogP contribution in [0.4, 0.5) is 5.69 Å². The number of hydrogen-bond acceptors (Lipinski definition) is 4. The van der Waals surface area contributed by atoms with Gasteiger partial charge in [-0.25, -0.2) is 0 Å². The Morgan fingerprint density at radius 1 is 1.37 bits per heavy atom. The molecule has 0 aliphatic rings. The highest BCUT2D eigenvalue weighted by atomic mass is 16.5. The molecule has 19 heavy (non-hydrogen) atoms. The van der Waals surface area contributed by atoms with E-state index in [1.807, 2.05) is 36.2 Å². The molecule has 0 saturated heterocycles. The van der Waals surface area contributed by atoms with Gasteiger partial charge in [0.1, 0.15) is 0 Å². The van der Waals surface area contributed by atoms with Gasteiger partial charge in [-0.15, -0.1) is 0 Å². The Bertz CT molecular complexity index is 407. The van der Waals surface area contributed by atoms with E-state index >= 15 is 0 Å². The highest BCUT2D eigenvalue weighted by Crippen LogP contribution is 2.18. The minimum absolute atomic E-state index is 0.120. The number of amidine groups is 1. The first-order valence-electron chi connectivity index (χ1n) is 6.56. The molecule has 3 N–H and O–H groups in total. The van der Waals surface area contributed by atoms with Crippen molar-refractivity contribution in [3.05, 3.63) is 29.8 Å². The molecule has 1 rings (SSSR count). The molecule has 0 bridgehead atoms. The summed E-state index contributed by atoms with van der Waals surface area (Å²) in [6, 6.07) is 7.57. The molecule has 0 aliphatic carbocycles. The summed E-state index contributed by atoms with van der Waals surface area (Å²) in [5.41, 5.74) is 7.32. The molecule has 0 fully saturated rings. The lowest BCUT2D eigenvalue weighted by molar-refractivity contribution is 0.138. The summed E-state index contributed by atoms with van der Waals surface area (Å²) in [4.78, 5) is 2.04. The molecule has 5 heteroatoms. The molecular formula is C14H23N3O2. The van der Waals surface area contributed by atoms with E-state index in [0.717, 1.165) is 37.2 Å². The number of hydrogen-bond donors (Lipinski definition) is 2. The third-order valence-electron chi connectivity index (χ3n) is 2.91. The number of benzene rings is 1. The normalized spacial score (nSPS) is 11.6. The van der Waals surface area contributed by atoms with Crippen LogP contribution >= 0.6 is 0 Å². The molecule has 0 aliphatic heterocycles. The molecule has 0 aromatic heterocycles. The van der Waals surface area contributed by atoms with Gasteiger partial charge >= 0.3 is 0 Å². The molecular weight excluding hydrogens is 242 g/mol. The molecule has 0 spiro atoms. The number of nitrogens with two attached hydrogens (primary N) is 1. The van der Waals surface area contributed by atoms with E-state index in [1.54, 1.807) is 0 Å². The van der Waals surface area contributed by atoms with E-state index < -0.39 is 0 Å². The molecule has 1 aromatic rings. The largest absolute Gasteiger partial charge is 0.409 e. The predicted octanol–water partition coefficient (Wildman–Crippen LogP) is 2.03. The van der Waals surface area contributed by atoms with Gasteiger partial charge in [0.2, 0.25) is 0 Å². The van der Waals surface area contributed by atoms with Crippen molar-refractivity contribution in [1.82, 2.24) is 0 Å². The molecule has 0 unspecified atom stereocenters. The fraction of sp³-hybridized carbons (Fsp3) is 0.500. The molecule has 106 valence electrons. The topological polar surface area (TPSA) is 71.1 Å². The van der Waals surface area contributed by atoms with Crippen LogP contribution in [-0.2, 0) is 4.74 Å². The van der Waals surface area contributed by atoms with Crippen LogP contribution in [0.5, 0.6) is 0 Å². The minimum Gasteiger partial charge on any atom is -0.409 e. The van der Waals surface area contributed by atoms with Gasteiger partial charge in [0.15, 0.2) is 5.84 Å². The number of likely N-dealkylation sites (N-methyl/N-ethyl adjacent to an activating group) is 1. The first-order valence-corrected chi connectivity index (χ1v) is 6.56. The number of nitrogens with zero attached hydrogens (tertiary/aromatic N) is 2. The van der Waals surface area contributed by atoms with Crippen LogP contribution in [0.3, 0.4) is 0 Å². The fourth-order valence-corrected chi connectivity index (χ4v) is 1.75. The Kier molecular flexibility index (Phi) is 6.74. The van der Waals surface area contributed by atoms with Crippen LogP contribution in [0.25, 0.3) is 0 Å². The molecule has 0 atom stereocenters. The van der Waals surface area contributed by atoms with Crippen LogP contribution in [0.2, 0.25) is 0 Å². The van der Waals surface area contributed by atoms with Crippen molar-refractivity contribution in [1.29, 1.82) is 0 Å². The zero-order valence-corrected chi connectivity index (χ0v) is 11.7. The van der Waals surface area contributed by atoms with Crippen LogP contribution in [0.15, 0.2) is 29.4 Å². The van der Waals surface area contributed by atoms with E-state index in [2.05, 4.69) is 12.1 Å². The standard InChI is InChI=1S/C14H23N3O2/c1-3-4-10-19-11-9-17(2)13-8-6-5-7-12(13)14(15)16-18/h5-8,18H,3-4,9-11H2,1-2H3,(H2,15,16). The highest BCUT2D eigenvalue weighted by molar-refractivity contribution is 6.02. The second kappa shape index (κ2) is 8.37. The van der Waals surface area contributed by atoms with Gasteiger partial charge in [-0.05, 0) is 18.6 Å². The van der Waals surface area contributed by atoms with Crippen molar-refractivity contribution in [3.63, 3.8) is 0 Å².